The Hall–Kier alpha value is -1.92. The van der Waals surface area contributed by atoms with Crippen LogP contribution < -0.4 is 10.2 Å². The van der Waals surface area contributed by atoms with Gasteiger partial charge in [-0.2, -0.15) is 0 Å². The first kappa shape index (κ1) is 17.9. The molecule has 2 heterocycles. The molecule has 2 aromatic rings. The number of hydrogen-bond donors (Lipinski definition) is 1. The summed E-state index contributed by atoms with van der Waals surface area (Å²) >= 11 is 12.0. The Kier molecular flexibility index (Phi) is 5.71. The molecule has 0 spiro atoms. The molecule has 1 aliphatic rings. The molecule has 8 heteroatoms. The molecule has 0 atom stereocenters. The Morgan fingerprint density at radius 1 is 1.24 bits per heavy atom. The molecule has 0 radical (unpaired) electrons. The normalized spacial score (nSPS) is 14.7. The molecule has 1 aromatic heterocycles. The maximum Gasteiger partial charge on any atom is 0.317 e. The lowest BCUT2D eigenvalue weighted by Gasteiger charge is -2.34. The van der Waals surface area contributed by atoms with Crippen molar-refractivity contribution in [2.45, 2.75) is 13.3 Å². The molecule has 134 valence electrons. The first-order valence-corrected chi connectivity index (χ1v) is 8.93. The minimum absolute atomic E-state index is 0.0546. The third-order valence-electron chi connectivity index (χ3n) is 4.19. The number of carbonyl (C=O) groups is 1. The molecule has 0 unspecified atom stereocenters. The van der Waals surface area contributed by atoms with E-state index < -0.39 is 0 Å². The number of piperazine rings is 1. The van der Waals surface area contributed by atoms with Gasteiger partial charge in [0, 0.05) is 48.8 Å². The van der Waals surface area contributed by atoms with E-state index in [2.05, 4.69) is 15.4 Å². The molecule has 3 rings (SSSR count). The van der Waals surface area contributed by atoms with Gasteiger partial charge in [0.25, 0.3) is 0 Å². The predicted molar refractivity (Wildman–Crippen MR) is 98.6 cm³/mol. The van der Waals surface area contributed by atoms with Crippen LogP contribution in [0.3, 0.4) is 0 Å². The Bertz CT molecular complexity index is 742. The lowest BCUT2D eigenvalue weighted by atomic mass is 10.1. The van der Waals surface area contributed by atoms with E-state index in [0.29, 0.717) is 36.1 Å². The number of carbonyl (C=O) groups excluding carboxylic acids is 1. The molecule has 1 aromatic carbocycles. The summed E-state index contributed by atoms with van der Waals surface area (Å²) in [6.45, 7) is 5.18. The van der Waals surface area contributed by atoms with Crippen LogP contribution in [0.5, 0.6) is 0 Å². The molecule has 1 N–H and O–H groups in total. The Balaban J connectivity index is 1.43. The summed E-state index contributed by atoms with van der Waals surface area (Å²) in [5.74, 6) is 1.62. The molecule has 25 heavy (non-hydrogen) atoms. The predicted octanol–water partition coefficient (Wildman–Crippen LogP) is 3.36. The van der Waals surface area contributed by atoms with Crippen LogP contribution in [0.2, 0.25) is 10.0 Å². The fraction of sp³-hybridized carbons (Fsp3) is 0.412. The fourth-order valence-corrected chi connectivity index (χ4v) is 3.28. The maximum atomic E-state index is 12.3. The van der Waals surface area contributed by atoms with Gasteiger partial charge < -0.3 is 19.6 Å². The number of hydrogen-bond acceptors (Lipinski definition) is 4. The molecule has 1 saturated heterocycles. The second-order valence-corrected chi connectivity index (χ2v) is 6.83. The van der Waals surface area contributed by atoms with E-state index in [1.807, 2.05) is 24.0 Å². The highest BCUT2D eigenvalue weighted by Crippen LogP contribution is 2.21. The summed E-state index contributed by atoms with van der Waals surface area (Å²) in [6.07, 6.45) is 0.667. The van der Waals surface area contributed by atoms with E-state index in [1.165, 1.54) is 0 Å². The number of halogens is 2. The van der Waals surface area contributed by atoms with Gasteiger partial charge in [-0.3, -0.25) is 0 Å². The van der Waals surface area contributed by atoms with Gasteiger partial charge in [0.1, 0.15) is 5.76 Å². The topological polar surface area (TPSA) is 61.6 Å². The zero-order valence-electron chi connectivity index (χ0n) is 14.0. The van der Waals surface area contributed by atoms with E-state index in [9.17, 15) is 4.79 Å². The van der Waals surface area contributed by atoms with Crippen molar-refractivity contribution in [3.8, 4) is 0 Å². The molecule has 1 aliphatic heterocycles. The standard InChI is InChI=1S/C17H20Cl2N4O2/c1-12-10-16(21-25-12)22-6-8-23(9-7-22)17(24)20-5-4-13-2-3-14(18)11-15(13)19/h2-3,10-11H,4-9H2,1H3,(H,20,24). The third kappa shape index (κ3) is 4.58. The number of amides is 2. The van der Waals surface area contributed by atoms with Crippen LogP contribution in [0, 0.1) is 6.92 Å². The van der Waals surface area contributed by atoms with Gasteiger partial charge in [0.05, 0.1) is 0 Å². The zero-order chi connectivity index (χ0) is 17.8. The Labute approximate surface area is 156 Å². The van der Waals surface area contributed by atoms with Crippen molar-refractivity contribution in [2.24, 2.45) is 0 Å². The van der Waals surface area contributed by atoms with Crippen LogP contribution in [0.1, 0.15) is 11.3 Å². The van der Waals surface area contributed by atoms with E-state index in [0.717, 1.165) is 30.2 Å². The van der Waals surface area contributed by atoms with Crippen molar-refractivity contribution in [1.82, 2.24) is 15.4 Å². The lowest BCUT2D eigenvalue weighted by Crippen LogP contribution is -2.52. The Morgan fingerprint density at radius 2 is 2.00 bits per heavy atom. The minimum atomic E-state index is -0.0546. The van der Waals surface area contributed by atoms with Gasteiger partial charge in [-0.15, -0.1) is 0 Å². The van der Waals surface area contributed by atoms with Crippen LogP contribution in [-0.2, 0) is 6.42 Å². The lowest BCUT2D eigenvalue weighted by molar-refractivity contribution is 0.194. The molecule has 2 amide bonds. The summed E-state index contributed by atoms with van der Waals surface area (Å²) in [5, 5.41) is 8.19. The largest absolute Gasteiger partial charge is 0.360 e. The number of benzene rings is 1. The smallest absolute Gasteiger partial charge is 0.317 e. The van der Waals surface area contributed by atoms with E-state index in [1.54, 1.807) is 12.1 Å². The number of nitrogens with zero attached hydrogens (tertiary/aromatic N) is 3. The van der Waals surface area contributed by atoms with Crippen molar-refractivity contribution in [3.05, 3.63) is 45.6 Å². The fourth-order valence-electron chi connectivity index (χ4n) is 2.78. The number of aromatic nitrogens is 1. The second-order valence-electron chi connectivity index (χ2n) is 5.99. The van der Waals surface area contributed by atoms with Crippen molar-refractivity contribution in [1.29, 1.82) is 0 Å². The number of urea groups is 1. The van der Waals surface area contributed by atoms with Crippen LogP contribution in [0.15, 0.2) is 28.8 Å². The van der Waals surface area contributed by atoms with Crippen molar-refractivity contribution in [3.63, 3.8) is 0 Å². The average Bonchev–Trinajstić information content (AvgIpc) is 3.03. The summed E-state index contributed by atoms with van der Waals surface area (Å²) in [5.41, 5.74) is 0.970. The number of anilines is 1. The maximum absolute atomic E-state index is 12.3. The second kappa shape index (κ2) is 7.97. The number of aryl methyl sites for hydroxylation is 1. The number of rotatable bonds is 4. The van der Waals surface area contributed by atoms with Crippen LogP contribution in [0.25, 0.3) is 0 Å². The summed E-state index contributed by atoms with van der Waals surface area (Å²) in [4.78, 5) is 16.2. The van der Waals surface area contributed by atoms with Crippen molar-refractivity contribution < 1.29 is 9.32 Å². The highest BCUT2D eigenvalue weighted by atomic mass is 35.5. The third-order valence-corrected chi connectivity index (χ3v) is 4.78. The van der Waals surface area contributed by atoms with Gasteiger partial charge in [0.15, 0.2) is 5.82 Å². The summed E-state index contributed by atoms with van der Waals surface area (Å²) in [7, 11) is 0. The van der Waals surface area contributed by atoms with Crippen molar-refractivity contribution in [2.75, 3.05) is 37.6 Å². The zero-order valence-corrected chi connectivity index (χ0v) is 15.5. The van der Waals surface area contributed by atoms with Crippen LogP contribution in [-0.4, -0.2) is 48.8 Å². The van der Waals surface area contributed by atoms with E-state index in [4.69, 9.17) is 27.7 Å². The van der Waals surface area contributed by atoms with Gasteiger partial charge in [0.2, 0.25) is 0 Å². The molecule has 0 aliphatic carbocycles. The monoisotopic (exact) mass is 382 g/mol. The molecule has 0 saturated carbocycles. The molecular formula is C17H20Cl2N4O2. The molecular weight excluding hydrogens is 363 g/mol. The molecule has 1 fully saturated rings. The number of nitrogens with one attached hydrogen (secondary N) is 1. The SMILES string of the molecule is Cc1cc(N2CCN(C(=O)NCCc3ccc(Cl)cc3Cl)CC2)no1. The first-order chi connectivity index (χ1) is 12.0. The van der Waals surface area contributed by atoms with Gasteiger partial charge in [-0.25, -0.2) is 4.79 Å². The molecule has 6 nitrogen and oxygen atoms in total. The van der Waals surface area contributed by atoms with E-state index >= 15 is 0 Å². The summed E-state index contributed by atoms with van der Waals surface area (Å²) in [6, 6.07) is 7.25. The Morgan fingerprint density at radius 3 is 2.64 bits per heavy atom. The first-order valence-electron chi connectivity index (χ1n) is 8.18. The van der Waals surface area contributed by atoms with Gasteiger partial charge in [-0.05, 0) is 31.0 Å². The average molecular weight is 383 g/mol. The van der Waals surface area contributed by atoms with Crippen LogP contribution >= 0.6 is 23.2 Å². The highest BCUT2D eigenvalue weighted by Gasteiger charge is 2.22. The van der Waals surface area contributed by atoms with Gasteiger partial charge in [-0.1, -0.05) is 34.4 Å². The highest BCUT2D eigenvalue weighted by molar-refractivity contribution is 6.35. The van der Waals surface area contributed by atoms with Crippen molar-refractivity contribution >= 4 is 35.1 Å². The van der Waals surface area contributed by atoms with Crippen LogP contribution in [0.4, 0.5) is 10.6 Å². The summed E-state index contributed by atoms with van der Waals surface area (Å²) < 4.78 is 5.10. The minimum Gasteiger partial charge on any atom is -0.360 e. The molecule has 0 bridgehead atoms. The van der Waals surface area contributed by atoms with Gasteiger partial charge >= 0.3 is 6.03 Å². The quantitative estimate of drug-likeness (QED) is 0.880. The van der Waals surface area contributed by atoms with E-state index in [-0.39, 0.29) is 6.03 Å².